The van der Waals surface area contributed by atoms with Crippen LogP contribution in [-0.2, 0) is 10.8 Å². The van der Waals surface area contributed by atoms with E-state index < -0.39 is 10.8 Å². The number of hydrogen-bond donors (Lipinski definition) is 0. The van der Waals surface area contributed by atoms with Crippen LogP contribution < -0.4 is 0 Å². The summed E-state index contributed by atoms with van der Waals surface area (Å²) in [7, 11) is 0. The van der Waals surface area contributed by atoms with E-state index >= 15 is 0 Å². The van der Waals surface area contributed by atoms with E-state index in [4.69, 9.17) is 19.4 Å². The van der Waals surface area contributed by atoms with Crippen LogP contribution in [0.4, 0.5) is 0 Å². The summed E-state index contributed by atoms with van der Waals surface area (Å²) in [5.41, 5.74) is 25.1. The summed E-state index contributed by atoms with van der Waals surface area (Å²) in [4.78, 5) is 19.3. The van der Waals surface area contributed by atoms with Crippen molar-refractivity contribution >= 4 is 43.9 Å². The molecule has 7 heterocycles. The molecule has 7 aromatic heterocycles. The zero-order valence-electron chi connectivity index (χ0n) is 50.2. The number of pyridine rings is 4. The highest BCUT2D eigenvalue weighted by Crippen LogP contribution is 2.59. The van der Waals surface area contributed by atoms with Crippen LogP contribution in [0.2, 0.25) is 0 Å². The Morgan fingerprint density at radius 3 is 1.25 bits per heavy atom. The van der Waals surface area contributed by atoms with Crippen LogP contribution in [0.1, 0.15) is 44.5 Å². The average Bonchev–Trinajstić information content (AvgIpc) is 1.54. The van der Waals surface area contributed by atoms with Gasteiger partial charge in [0.15, 0.2) is 0 Å². The number of fused-ring (bicyclic) bond motifs is 12. The highest BCUT2D eigenvalue weighted by Gasteiger charge is 2.48. The van der Waals surface area contributed by atoms with Gasteiger partial charge in [-0.25, -0.2) is 4.98 Å². The fourth-order valence-electron chi connectivity index (χ4n) is 15.1. The molecular weight excluding hydrogens is 1140 g/mol. The maximum atomic E-state index is 6.06. The number of nitrogens with zero attached hydrogens (tertiary/aromatic N) is 8. The van der Waals surface area contributed by atoms with Crippen LogP contribution in [0.25, 0.3) is 112 Å². The molecule has 10 aromatic carbocycles. The van der Waals surface area contributed by atoms with Crippen LogP contribution in [0.3, 0.4) is 0 Å². The monoisotopic (exact) mass is 1190 g/mol. The molecule has 2 aliphatic carbocycles. The van der Waals surface area contributed by atoms with Crippen molar-refractivity contribution < 1.29 is 4.42 Å². The minimum Gasteiger partial charge on any atom is -0.416 e. The van der Waals surface area contributed by atoms with Gasteiger partial charge < -0.3 is 8.98 Å². The summed E-state index contributed by atoms with van der Waals surface area (Å²) >= 11 is 0. The summed E-state index contributed by atoms with van der Waals surface area (Å²) in [6.45, 7) is 0. The maximum Gasteiger partial charge on any atom is 0.248 e. The molecule has 9 nitrogen and oxygen atoms in total. The molecule has 0 fully saturated rings. The third-order valence-corrected chi connectivity index (χ3v) is 19.0. The summed E-state index contributed by atoms with van der Waals surface area (Å²) in [5, 5.41) is 10.9. The van der Waals surface area contributed by atoms with Gasteiger partial charge in [-0.1, -0.05) is 194 Å². The number of hydrogen-bond acceptors (Lipinski definition) is 7. The average molecular weight is 1190 g/mol. The smallest absolute Gasteiger partial charge is 0.248 e. The molecule has 0 spiro atoms. The lowest BCUT2D eigenvalue weighted by atomic mass is 9.67. The van der Waals surface area contributed by atoms with E-state index in [0.717, 1.165) is 77.8 Å². The predicted octanol–water partition coefficient (Wildman–Crippen LogP) is 19.3. The standard InChI is InChI=1S/C44H28N4O.C40H26N4/c1-4-13-29(14-5-1)42-46-47-43(49-42)30-22-24-33(25-23-30)48-39-21-12-26-45-41(39)36-27-38-35(28-40(36)48)34-19-10-11-20-37(34)44(38,31-15-6-2-7-16-31)32-17-8-3-9-18-32;1-3-11-28(12-4-1)40(29-13-5-2-6-14-29)33-16-8-7-15-30(33)31-26-37-32(25-34(31)40)39-36(18-10-22-42-39)44(37)38-19-9-17-35(43-38)27-20-23-41-24-21-27/h1-28H;1-26H. The van der Waals surface area contributed by atoms with Gasteiger partial charge in [-0.3, -0.25) is 19.5 Å². The number of aromatic nitrogens is 8. The SMILES string of the molecule is c1ccc(-c2nnc(-c3ccc(-n4c5cc6c(cc5c5ncccc54)C(c4ccccc4)(c4ccccc4)c4ccccc4-6)cc3)o2)cc1.c1ccc(C2(c3ccccc3)c3ccccc3-c3cc4c(cc32)c2ncccc2n4-c2cccc(-c3ccncc3)n2)cc1. The molecule has 436 valence electrons. The van der Waals surface area contributed by atoms with Gasteiger partial charge in [-0.05, 0) is 176 Å². The van der Waals surface area contributed by atoms with Gasteiger partial charge in [0.25, 0.3) is 0 Å². The summed E-state index contributed by atoms with van der Waals surface area (Å²) in [6.07, 6.45) is 7.39. The minimum absolute atomic E-state index is 0.467. The van der Waals surface area contributed by atoms with Gasteiger partial charge in [0.1, 0.15) is 5.82 Å². The molecule has 2 aliphatic rings. The summed E-state index contributed by atoms with van der Waals surface area (Å²) in [5.74, 6) is 1.85. The molecule has 0 amide bonds. The Labute approximate surface area is 535 Å². The largest absolute Gasteiger partial charge is 0.416 e. The van der Waals surface area contributed by atoms with Gasteiger partial charge in [0.05, 0.1) is 49.6 Å². The zero-order chi connectivity index (χ0) is 61.5. The third-order valence-electron chi connectivity index (χ3n) is 19.0. The van der Waals surface area contributed by atoms with Crippen LogP contribution in [0.5, 0.6) is 0 Å². The van der Waals surface area contributed by atoms with Gasteiger partial charge in [-0.2, -0.15) is 0 Å². The molecule has 17 aromatic rings. The predicted molar refractivity (Wildman–Crippen MR) is 372 cm³/mol. The van der Waals surface area contributed by atoms with E-state index in [1.807, 2.05) is 85.2 Å². The molecule has 0 atom stereocenters. The summed E-state index contributed by atoms with van der Waals surface area (Å²) in [6, 6.07) is 108. The fourth-order valence-corrected chi connectivity index (χ4v) is 15.1. The highest BCUT2D eigenvalue weighted by molar-refractivity contribution is 6.11. The van der Waals surface area contributed by atoms with Crippen molar-refractivity contribution in [1.82, 2.24) is 39.3 Å². The van der Waals surface area contributed by atoms with Gasteiger partial charge in [0, 0.05) is 57.9 Å². The van der Waals surface area contributed by atoms with E-state index in [0.29, 0.717) is 11.8 Å². The van der Waals surface area contributed by atoms with Crippen molar-refractivity contribution in [2.45, 2.75) is 10.8 Å². The van der Waals surface area contributed by atoms with E-state index in [1.54, 1.807) is 12.4 Å². The molecule has 0 saturated carbocycles. The van der Waals surface area contributed by atoms with Crippen molar-refractivity contribution in [3.05, 3.63) is 373 Å². The molecule has 0 aliphatic heterocycles. The van der Waals surface area contributed by atoms with Crippen molar-refractivity contribution in [1.29, 1.82) is 0 Å². The van der Waals surface area contributed by atoms with E-state index in [2.05, 4.69) is 255 Å². The summed E-state index contributed by atoms with van der Waals surface area (Å²) < 4.78 is 10.6. The molecule has 0 bridgehead atoms. The Kier molecular flexibility index (Phi) is 12.5. The first-order valence-corrected chi connectivity index (χ1v) is 31.3. The zero-order valence-corrected chi connectivity index (χ0v) is 50.2. The second kappa shape index (κ2) is 21.7. The lowest BCUT2D eigenvalue weighted by Crippen LogP contribution is -2.28. The number of rotatable bonds is 9. The van der Waals surface area contributed by atoms with E-state index in [-0.39, 0.29) is 0 Å². The molecule has 19 rings (SSSR count). The van der Waals surface area contributed by atoms with E-state index in [9.17, 15) is 0 Å². The number of benzene rings is 10. The first-order chi connectivity index (χ1) is 46.1. The maximum absolute atomic E-state index is 6.06. The Balaban J connectivity index is 0.000000138. The Morgan fingerprint density at radius 1 is 0.301 bits per heavy atom. The Hall–Kier alpha value is -12.5. The first kappa shape index (κ1) is 53.6. The fraction of sp³-hybridized carbons (Fsp3) is 0.0238. The first-order valence-electron chi connectivity index (χ1n) is 31.3. The van der Waals surface area contributed by atoms with E-state index in [1.165, 1.54) is 66.8 Å². The molecular formula is C84H54N8O. The molecule has 93 heavy (non-hydrogen) atoms. The second-order valence-corrected chi connectivity index (χ2v) is 23.7. The van der Waals surface area contributed by atoms with Crippen molar-refractivity contribution in [3.8, 4) is 67.9 Å². The van der Waals surface area contributed by atoms with Crippen LogP contribution >= 0.6 is 0 Å². The quantitative estimate of drug-likeness (QED) is 0.142. The Bertz CT molecular complexity index is 5590. The topological polar surface area (TPSA) is 100 Å². The lowest BCUT2D eigenvalue weighted by Gasteiger charge is -2.33. The van der Waals surface area contributed by atoms with Crippen LogP contribution in [-0.4, -0.2) is 39.3 Å². The van der Waals surface area contributed by atoms with Crippen LogP contribution in [0, 0.1) is 0 Å². The van der Waals surface area contributed by atoms with Gasteiger partial charge in [-0.15, -0.1) is 10.2 Å². The normalized spacial score (nSPS) is 13.1. The van der Waals surface area contributed by atoms with Crippen molar-refractivity contribution in [2.75, 3.05) is 0 Å². The third kappa shape index (κ3) is 8.27. The van der Waals surface area contributed by atoms with Gasteiger partial charge >= 0.3 is 0 Å². The molecule has 0 saturated heterocycles. The van der Waals surface area contributed by atoms with Crippen molar-refractivity contribution in [2.24, 2.45) is 0 Å². The molecule has 0 N–H and O–H groups in total. The van der Waals surface area contributed by atoms with Gasteiger partial charge in [0.2, 0.25) is 11.8 Å². The van der Waals surface area contributed by atoms with Crippen LogP contribution in [0.15, 0.2) is 333 Å². The molecule has 9 heteroatoms. The van der Waals surface area contributed by atoms with Crippen molar-refractivity contribution in [3.63, 3.8) is 0 Å². The lowest BCUT2D eigenvalue weighted by molar-refractivity contribution is 0.584. The molecule has 0 radical (unpaired) electrons. The Morgan fingerprint density at radius 2 is 0.742 bits per heavy atom. The highest BCUT2D eigenvalue weighted by atomic mass is 16.4. The second-order valence-electron chi connectivity index (χ2n) is 23.7. The minimum atomic E-state index is -0.476. The molecule has 0 unspecified atom stereocenters.